The fourth-order valence-corrected chi connectivity index (χ4v) is 3.86. The molecule has 2 aliphatic rings. The predicted octanol–water partition coefficient (Wildman–Crippen LogP) is 4.19. The number of hydrogen-bond acceptors (Lipinski definition) is 4. The van der Waals surface area contributed by atoms with Crippen LogP contribution in [0.3, 0.4) is 0 Å². The van der Waals surface area contributed by atoms with E-state index in [-0.39, 0.29) is 17.9 Å². The van der Waals surface area contributed by atoms with E-state index in [1.54, 1.807) is 11.0 Å². The minimum Gasteiger partial charge on any atom is -0.493 e. The lowest BCUT2D eigenvalue weighted by Crippen LogP contribution is -2.23. The molecule has 2 heterocycles. The monoisotopic (exact) mass is 406 g/mol. The molecule has 2 aliphatic heterocycles. The summed E-state index contributed by atoms with van der Waals surface area (Å²) in [7, 11) is 0. The molecule has 30 heavy (non-hydrogen) atoms. The first-order valence-corrected chi connectivity index (χ1v) is 10.4. The largest absolute Gasteiger partial charge is 0.493 e. The summed E-state index contributed by atoms with van der Waals surface area (Å²) in [6.07, 6.45) is 5.72. The summed E-state index contributed by atoms with van der Waals surface area (Å²) in [5.74, 6) is 1.50. The van der Waals surface area contributed by atoms with Crippen LogP contribution < -0.4 is 19.7 Å². The van der Waals surface area contributed by atoms with Gasteiger partial charge < -0.3 is 19.7 Å². The third-order valence-electron chi connectivity index (χ3n) is 5.26. The molecule has 0 unspecified atom stereocenters. The van der Waals surface area contributed by atoms with E-state index in [2.05, 4.69) is 5.32 Å². The Balaban J connectivity index is 1.44. The lowest BCUT2D eigenvalue weighted by molar-refractivity contribution is -0.117. The average molecular weight is 406 g/mol. The van der Waals surface area contributed by atoms with Gasteiger partial charge in [0, 0.05) is 48.0 Å². The van der Waals surface area contributed by atoms with Crippen molar-refractivity contribution in [2.24, 2.45) is 0 Å². The van der Waals surface area contributed by atoms with Gasteiger partial charge in [-0.25, -0.2) is 0 Å². The maximum atomic E-state index is 12.4. The van der Waals surface area contributed by atoms with Gasteiger partial charge in [-0.1, -0.05) is 0 Å². The number of rotatable bonds is 6. The molecular formula is C24H26N2O4. The Morgan fingerprint density at radius 2 is 2.10 bits per heavy atom. The van der Waals surface area contributed by atoms with Gasteiger partial charge in [-0.2, -0.15) is 0 Å². The zero-order chi connectivity index (χ0) is 21.1. The van der Waals surface area contributed by atoms with Crippen LogP contribution in [0.2, 0.25) is 0 Å². The van der Waals surface area contributed by atoms with Crippen molar-refractivity contribution in [2.45, 2.75) is 39.2 Å². The SMILES string of the molecule is CCOc1cc2c(cc1/C=C/C(=O)Nc1ccc(N3CCCC3=O)cc1)O[C@@H](C)C2. The molecule has 2 aromatic rings. The molecule has 156 valence electrons. The van der Waals surface area contributed by atoms with Crippen LogP contribution in [-0.2, 0) is 16.0 Å². The van der Waals surface area contributed by atoms with E-state index in [4.69, 9.17) is 9.47 Å². The van der Waals surface area contributed by atoms with Crippen molar-refractivity contribution < 1.29 is 19.1 Å². The van der Waals surface area contributed by atoms with Gasteiger partial charge in [-0.15, -0.1) is 0 Å². The molecule has 1 atom stereocenters. The summed E-state index contributed by atoms with van der Waals surface area (Å²) in [4.78, 5) is 26.0. The molecule has 1 N–H and O–H groups in total. The first kappa shape index (κ1) is 20.0. The van der Waals surface area contributed by atoms with Crippen molar-refractivity contribution in [1.82, 2.24) is 0 Å². The second kappa shape index (κ2) is 8.61. The first-order chi connectivity index (χ1) is 14.5. The number of nitrogens with zero attached hydrogens (tertiary/aromatic N) is 1. The highest BCUT2D eigenvalue weighted by Gasteiger charge is 2.22. The van der Waals surface area contributed by atoms with Crippen molar-refractivity contribution in [3.05, 3.63) is 53.6 Å². The fraction of sp³-hybridized carbons (Fsp3) is 0.333. The van der Waals surface area contributed by atoms with Gasteiger partial charge in [0.1, 0.15) is 17.6 Å². The number of nitrogens with one attached hydrogen (secondary N) is 1. The quantitative estimate of drug-likeness (QED) is 0.731. The molecule has 0 saturated carbocycles. The second-order valence-electron chi connectivity index (χ2n) is 7.58. The van der Waals surface area contributed by atoms with E-state index in [1.807, 2.05) is 50.2 Å². The third-order valence-corrected chi connectivity index (χ3v) is 5.26. The van der Waals surface area contributed by atoms with Gasteiger partial charge in [0.25, 0.3) is 0 Å². The van der Waals surface area contributed by atoms with E-state index in [1.165, 1.54) is 6.08 Å². The number of carbonyl (C=O) groups is 2. The first-order valence-electron chi connectivity index (χ1n) is 10.4. The van der Waals surface area contributed by atoms with Gasteiger partial charge in [-0.3, -0.25) is 9.59 Å². The van der Waals surface area contributed by atoms with E-state index < -0.39 is 0 Å². The molecule has 4 rings (SSSR count). The van der Waals surface area contributed by atoms with Crippen LogP contribution in [0, 0.1) is 0 Å². The van der Waals surface area contributed by atoms with Crippen LogP contribution in [0.5, 0.6) is 11.5 Å². The highest BCUT2D eigenvalue weighted by atomic mass is 16.5. The zero-order valence-electron chi connectivity index (χ0n) is 17.3. The fourth-order valence-electron chi connectivity index (χ4n) is 3.86. The van der Waals surface area contributed by atoms with E-state index >= 15 is 0 Å². The molecule has 0 aliphatic carbocycles. The number of hydrogen-bond donors (Lipinski definition) is 1. The van der Waals surface area contributed by atoms with Crippen molar-refractivity contribution >= 4 is 29.3 Å². The van der Waals surface area contributed by atoms with Crippen molar-refractivity contribution in [2.75, 3.05) is 23.4 Å². The van der Waals surface area contributed by atoms with E-state index in [0.717, 1.165) is 47.7 Å². The molecule has 2 amide bonds. The number of benzene rings is 2. The molecule has 0 aromatic heterocycles. The Bertz CT molecular complexity index is 981. The molecule has 1 fully saturated rings. The van der Waals surface area contributed by atoms with E-state index in [9.17, 15) is 9.59 Å². The molecule has 6 nitrogen and oxygen atoms in total. The van der Waals surface area contributed by atoms with Crippen molar-refractivity contribution in [1.29, 1.82) is 0 Å². The lowest BCUT2D eigenvalue weighted by Gasteiger charge is -2.15. The maximum Gasteiger partial charge on any atom is 0.248 e. The van der Waals surface area contributed by atoms with Crippen LogP contribution in [-0.4, -0.2) is 31.1 Å². The topological polar surface area (TPSA) is 67.9 Å². The standard InChI is InChI=1S/C24H26N2O4/c1-3-29-21-15-18-13-16(2)30-22(18)14-17(21)6-11-23(27)25-19-7-9-20(10-8-19)26-12-4-5-24(26)28/h6-11,14-16H,3-5,12-13H2,1-2H3,(H,25,27)/b11-6+/t16-/m0/s1. The Hall–Kier alpha value is -3.28. The number of ether oxygens (including phenoxy) is 2. The smallest absolute Gasteiger partial charge is 0.248 e. The Labute approximate surface area is 176 Å². The van der Waals surface area contributed by atoms with Gasteiger partial charge in [0.05, 0.1) is 6.61 Å². The van der Waals surface area contributed by atoms with Gasteiger partial charge >= 0.3 is 0 Å². The maximum absolute atomic E-state index is 12.4. The Morgan fingerprint density at radius 3 is 2.80 bits per heavy atom. The predicted molar refractivity (Wildman–Crippen MR) is 117 cm³/mol. The highest BCUT2D eigenvalue weighted by molar-refractivity contribution is 6.02. The molecule has 0 bridgehead atoms. The molecule has 6 heteroatoms. The summed E-state index contributed by atoms with van der Waals surface area (Å²) in [5.41, 5.74) is 3.47. The molecule has 1 saturated heterocycles. The van der Waals surface area contributed by atoms with Crippen molar-refractivity contribution in [3.8, 4) is 11.5 Å². The van der Waals surface area contributed by atoms with Gasteiger partial charge in [0.2, 0.25) is 11.8 Å². The summed E-state index contributed by atoms with van der Waals surface area (Å²) >= 11 is 0. The summed E-state index contributed by atoms with van der Waals surface area (Å²) in [5, 5.41) is 2.85. The van der Waals surface area contributed by atoms with Crippen LogP contribution in [0.1, 0.15) is 37.8 Å². The lowest BCUT2D eigenvalue weighted by atomic mass is 10.1. The minimum atomic E-state index is -0.239. The van der Waals surface area contributed by atoms with Gasteiger partial charge in [0.15, 0.2) is 0 Å². The molecule has 0 spiro atoms. The Morgan fingerprint density at radius 1 is 1.30 bits per heavy atom. The molecule has 2 aromatic carbocycles. The summed E-state index contributed by atoms with van der Waals surface area (Å²) in [6, 6.07) is 11.3. The van der Waals surface area contributed by atoms with Gasteiger partial charge in [-0.05, 0) is 62.7 Å². The van der Waals surface area contributed by atoms with Crippen molar-refractivity contribution in [3.63, 3.8) is 0 Å². The number of amides is 2. The van der Waals surface area contributed by atoms with E-state index in [0.29, 0.717) is 18.7 Å². The summed E-state index contributed by atoms with van der Waals surface area (Å²) in [6.45, 7) is 5.27. The van der Waals surface area contributed by atoms with Crippen LogP contribution in [0.4, 0.5) is 11.4 Å². The molecule has 0 radical (unpaired) electrons. The average Bonchev–Trinajstić information content (AvgIpc) is 3.31. The normalized spacial score (nSPS) is 17.9. The number of fused-ring (bicyclic) bond motifs is 1. The third kappa shape index (κ3) is 4.32. The van der Waals surface area contributed by atoms with Crippen LogP contribution in [0.15, 0.2) is 42.5 Å². The van der Waals surface area contributed by atoms with Crippen LogP contribution >= 0.6 is 0 Å². The Kier molecular flexibility index (Phi) is 5.74. The number of carbonyl (C=O) groups excluding carboxylic acids is 2. The van der Waals surface area contributed by atoms with Crippen LogP contribution in [0.25, 0.3) is 6.08 Å². The molecular weight excluding hydrogens is 380 g/mol. The highest BCUT2D eigenvalue weighted by Crippen LogP contribution is 2.35. The minimum absolute atomic E-state index is 0.146. The second-order valence-corrected chi connectivity index (χ2v) is 7.58. The zero-order valence-corrected chi connectivity index (χ0v) is 17.3. The summed E-state index contributed by atoms with van der Waals surface area (Å²) < 4.78 is 11.6. The number of anilines is 2.